The number of nitriles is 1. The zero-order valence-electron chi connectivity index (χ0n) is 21.6. The molecule has 2 aromatic rings. The van der Waals surface area contributed by atoms with Crippen LogP contribution in [-0.4, -0.2) is 70.8 Å². The van der Waals surface area contributed by atoms with Gasteiger partial charge in [-0.1, -0.05) is 13.8 Å². The first-order valence-electron chi connectivity index (χ1n) is 12.6. The highest BCUT2D eigenvalue weighted by molar-refractivity contribution is 5.93. The molecule has 2 fully saturated rings. The molecule has 1 amide bonds. The number of hydrogen-bond donors (Lipinski definition) is 1. The normalized spacial score (nSPS) is 18.8. The Labute approximate surface area is 208 Å². The highest BCUT2D eigenvalue weighted by Crippen LogP contribution is 2.28. The second-order valence-corrected chi connectivity index (χ2v) is 9.98. The lowest BCUT2D eigenvalue weighted by molar-refractivity contribution is -0.117. The molecule has 2 aliphatic rings. The summed E-state index contributed by atoms with van der Waals surface area (Å²) in [5.41, 5.74) is 3.43. The molecule has 35 heavy (non-hydrogen) atoms. The van der Waals surface area contributed by atoms with Crippen LogP contribution in [0.1, 0.15) is 60.9 Å². The maximum absolute atomic E-state index is 13.0. The molecular formula is C26H37N7O2. The van der Waals surface area contributed by atoms with Crippen molar-refractivity contribution < 1.29 is 9.53 Å². The fourth-order valence-electron chi connectivity index (χ4n) is 4.85. The van der Waals surface area contributed by atoms with E-state index in [4.69, 9.17) is 9.72 Å². The van der Waals surface area contributed by atoms with E-state index in [1.54, 1.807) is 0 Å². The number of piperazine rings is 1. The summed E-state index contributed by atoms with van der Waals surface area (Å²) in [4.78, 5) is 26.8. The SMILES string of the molecule is Cc1cc(N2CCN(CC(=O)Nc3c(C#N)c(C)c(C)n3CC3CCCO3)CC2)nc(C(C)C)n1. The molecule has 9 heteroatoms. The molecule has 0 aromatic carbocycles. The highest BCUT2D eigenvalue weighted by atomic mass is 16.5. The molecule has 1 atom stereocenters. The molecule has 188 valence electrons. The minimum absolute atomic E-state index is 0.0963. The summed E-state index contributed by atoms with van der Waals surface area (Å²) in [7, 11) is 0. The van der Waals surface area contributed by atoms with E-state index < -0.39 is 0 Å². The lowest BCUT2D eigenvalue weighted by atomic mass is 10.2. The van der Waals surface area contributed by atoms with Crippen molar-refractivity contribution >= 4 is 17.5 Å². The fraction of sp³-hybridized carbons (Fsp3) is 0.615. The number of nitrogens with zero attached hydrogens (tertiary/aromatic N) is 6. The van der Waals surface area contributed by atoms with E-state index in [1.165, 1.54) is 0 Å². The van der Waals surface area contributed by atoms with Crippen molar-refractivity contribution in [1.29, 1.82) is 5.26 Å². The molecule has 1 unspecified atom stereocenters. The number of aromatic nitrogens is 3. The van der Waals surface area contributed by atoms with Gasteiger partial charge in [-0.3, -0.25) is 9.69 Å². The zero-order valence-corrected chi connectivity index (χ0v) is 21.6. The third kappa shape index (κ3) is 5.65. The Hall–Kier alpha value is -2.96. The van der Waals surface area contributed by atoms with E-state index in [1.807, 2.05) is 31.4 Å². The number of carbonyl (C=O) groups is 1. The Morgan fingerprint density at radius 2 is 1.97 bits per heavy atom. The van der Waals surface area contributed by atoms with Gasteiger partial charge in [0.1, 0.15) is 23.5 Å². The molecule has 4 rings (SSSR count). The van der Waals surface area contributed by atoms with E-state index in [0.717, 1.165) is 74.2 Å². The molecule has 2 aliphatic heterocycles. The van der Waals surface area contributed by atoms with E-state index in [0.29, 0.717) is 24.5 Å². The largest absolute Gasteiger partial charge is 0.376 e. The summed E-state index contributed by atoms with van der Waals surface area (Å²) in [6, 6.07) is 4.32. The maximum Gasteiger partial charge on any atom is 0.239 e. The van der Waals surface area contributed by atoms with Crippen molar-refractivity contribution in [3.63, 3.8) is 0 Å². The van der Waals surface area contributed by atoms with E-state index in [9.17, 15) is 10.1 Å². The molecule has 0 spiro atoms. The van der Waals surface area contributed by atoms with Crippen LogP contribution in [0.15, 0.2) is 6.07 Å². The van der Waals surface area contributed by atoms with Gasteiger partial charge in [-0.25, -0.2) is 9.97 Å². The summed E-state index contributed by atoms with van der Waals surface area (Å²) in [5.74, 6) is 2.61. The Kier molecular flexibility index (Phi) is 7.72. The van der Waals surface area contributed by atoms with Gasteiger partial charge in [0.05, 0.1) is 24.8 Å². The van der Waals surface area contributed by atoms with Crippen LogP contribution in [0.2, 0.25) is 0 Å². The molecular weight excluding hydrogens is 442 g/mol. The van der Waals surface area contributed by atoms with Gasteiger partial charge in [0.15, 0.2) is 0 Å². The van der Waals surface area contributed by atoms with Gasteiger partial charge in [-0.15, -0.1) is 0 Å². The van der Waals surface area contributed by atoms with Crippen LogP contribution < -0.4 is 10.2 Å². The van der Waals surface area contributed by atoms with Crippen LogP contribution in [0.25, 0.3) is 0 Å². The lowest BCUT2D eigenvalue weighted by Crippen LogP contribution is -2.49. The summed E-state index contributed by atoms with van der Waals surface area (Å²) in [6.07, 6.45) is 2.18. The standard InChI is InChI=1S/C26H37N7O2/c1-17(2)25-28-18(3)13-23(29-25)32-10-8-31(9-11-32)16-24(34)30-26-22(14-27)19(4)20(5)33(26)15-21-7-6-12-35-21/h13,17,21H,6-12,15-16H2,1-5H3,(H,30,34). The molecule has 2 aromatic heterocycles. The Bertz CT molecular complexity index is 1100. The van der Waals surface area contributed by atoms with Crippen LogP contribution in [0, 0.1) is 32.1 Å². The van der Waals surface area contributed by atoms with Gasteiger partial charge in [0, 0.05) is 56.2 Å². The minimum Gasteiger partial charge on any atom is -0.376 e. The Morgan fingerprint density at radius 1 is 1.23 bits per heavy atom. The molecule has 2 saturated heterocycles. The number of aryl methyl sites for hydroxylation is 1. The Balaban J connectivity index is 1.39. The number of carbonyl (C=O) groups excluding carboxylic acids is 1. The van der Waals surface area contributed by atoms with E-state index >= 15 is 0 Å². The number of hydrogen-bond acceptors (Lipinski definition) is 7. The molecule has 0 aliphatic carbocycles. The summed E-state index contributed by atoms with van der Waals surface area (Å²) < 4.78 is 7.86. The van der Waals surface area contributed by atoms with E-state index in [2.05, 4.69) is 40.0 Å². The first kappa shape index (κ1) is 25.1. The maximum atomic E-state index is 13.0. The average molecular weight is 480 g/mol. The quantitative estimate of drug-likeness (QED) is 0.651. The van der Waals surface area contributed by atoms with Gasteiger partial charge in [-0.05, 0) is 39.2 Å². The van der Waals surface area contributed by atoms with Crippen LogP contribution in [0.3, 0.4) is 0 Å². The van der Waals surface area contributed by atoms with Gasteiger partial charge in [0.25, 0.3) is 0 Å². The van der Waals surface area contributed by atoms with Crippen LogP contribution in [-0.2, 0) is 16.1 Å². The van der Waals surface area contributed by atoms with Crippen molar-refractivity contribution in [2.24, 2.45) is 0 Å². The third-order valence-corrected chi connectivity index (χ3v) is 7.05. The number of anilines is 2. The van der Waals surface area contributed by atoms with Crippen molar-refractivity contribution in [2.45, 2.75) is 66.0 Å². The predicted molar refractivity (Wildman–Crippen MR) is 136 cm³/mol. The molecule has 9 nitrogen and oxygen atoms in total. The number of ether oxygens (including phenoxy) is 1. The predicted octanol–water partition coefficient (Wildman–Crippen LogP) is 3.14. The smallest absolute Gasteiger partial charge is 0.239 e. The second-order valence-electron chi connectivity index (χ2n) is 9.98. The van der Waals surface area contributed by atoms with Crippen molar-refractivity contribution in [1.82, 2.24) is 19.4 Å². The van der Waals surface area contributed by atoms with E-state index in [-0.39, 0.29) is 17.9 Å². The average Bonchev–Trinajstić information content (AvgIpc) is 3.42. The van der Waals surface area contributed by atoms with Crippen LogP contribution in [0.5, 0.6) is 0 Å². The lowest BCUT2D eigenvalue weighted by Gasteiger charge is -2.35. The molecule has 1 N–H and O–H groups in total. The highest BCUT2D eigenvalue weighted by Gasteiger charge is 2.26. The molecule has 0 bridgehead atoms. The van der Waals surface area contributed by atoms with Crippen molar-refractivity contribution in [3.8, 4) is 6.07 Å². The second kappa shape index (κ2) is 10.8. The topological polar surface area (TPSA) is 99.3 Å². The molecule has 4 heterocycles. The fourth-order valence-corrected chi connectivity index (χ4v) is 4.85. The van der Waals surface area contributed by atoms with Crippen molar-refractivity contribution in [3.05, 3.63) is 34.4 Å². The minimum atomic E-state index is -0.0963. The number of nitrogens with one attached hydrogen (secondary N) is 1. The number of rotatable bonds is 7. The number of amides is 1. The zero-order chi connectivity index (χ0) is 25.1. The molecule has 0 radical (unpaired) electrons. The Morgan fingerprint density at radius 3 is 2.60 bits per heavy atom. The van der Waals surface area contributed by atoms with Crippen molar-refractivity contribution in [2.75, 3.05) is 49.5 Å². The molecule has 0 saturated carbocycles. The van der Waals surface area contributed by atoms with Gasteiger partial charge in [0.2, 0.25) is 5.91 Å². The van der Waals surface area contributed by atoms with Crippen LogP contribution in [0.4, 0.5) is 11.6 Å². The van der Waals surface area contributed by atoms with Gasteiger partial charge < -0.3 is 19.5 Å². The first-order valence-corrected chi connectivity index (χ1v) is 12.6. The first-order chi connectivity index (χ1) is 16.8. The summed E-state index contributed by atoms with van der Waals surface area (Å²) in [5, 5.41) is 12.8. The van der Waals surface area contributed by atoms with Crippen LogP contribution >= 0.6 is 0 Å². The monoisotopic (exact) mass is 479 g/mol. The summed E-state index contributed by atoms with van der Waals surface area (Å²) >= 11 is 0. The van der Waals surface area contributed by atoms with Gasteiger partial charge >= 0.3 is 0 Å². The third-order valence-electron chi connectivity index (χ3n) is 7.05. The van der Waals surface area contributed by atoms with Gasteiger partial charge in [-0.2, -0.15) is 5.26 Å². The summed E-state index contributed by atoms with van der Waals surface area (Å²) in [6.45, 7) is 15.0.